The molecule has 1 aliphatic rings. The van der Waals surface area contributed by atoms with E-state index in [1.165, 1.54) is 6.92 Å². The summed E-state index contributed by atoms with van der Waals surface area (Å²) in [6, 6.07) is 17.7. The van der Waals surface area contributed by atoms with Crippen LogP contribution in [0.4, 0.5) is 11.4 Å². The van der Waals surface area contributed by atoms with Crippen molar-refractivity contribution in [3.63, 3.8) is 0 Å². The highest BCUT2D eigenvalue weighted by atomic mass is 16.3. The van der Waals surface area contributed by atoms with Gasteiger partial charge in [-0.2, -0.15) is 5.10 Å². The number of benzene rings is 2. The van der Waals surface area contributed by atoms with Gasteiger partial charge < -0.3 is 15.7 Å². The van der Waals surface area contributed by atoms with Gasteiger partial charge in [0.25, 0.3) is 0 Å². The van der Waals surface area contributed by atoms with E-state index in [9.17, 15) is 19.5 Å². The molecular weight excluding hydrogens is 432 g/mol. The molecular formula is C26H28N4O4. The minimum atomic E-state index is -1.66. The van der Waals surface area contributed by atoms with Gasteiger partial charge in [-0.1, -0.05) is 36.4 Å². The number of carbonyl (C=O) groups is 3. The van der Waals surface area contributed by atoms with Crippen molar-refractivity contribution in [3.8, 4) is 0 Å². The van der Waals surface area contributed by atoms with E-state index in [0.29, 0.717) is 22.6 Å². The number of aryl methyl sites for hydroxylation is 2. The van der Waals surface area contributed by atoms with Gasteiger partial charge in [0.1, 0.15) is 11.7 Å². The van der Waals surface area contributed by atoms with Crippen LogP contribution in [0.3, 0.4) is 0 Å². The maximum atomic E-state index is 13.6. The highest BCUT2D eigenvalue weighted by Gasteiger charge is 2.56. The Balaban J connectivity index is 1.78. The molecule has 3 aromatic rings. The summed E-state index contributed by atoms with van der Waals surface area (Å²) in [5.41, 5.74) is 0.619. The maximum absolute atomic E-state index is 13.6. The van der Waals surface area contributed by atoms with E-state index in [-0.39, 0.29) is 6.42 Å². The van der Waals surface area contributed by atoms with E-state index in [4.69, 9.17) is 0 Å². The topological polar surface area (TPSA) is 113 Å². The molecule has 1 saturated carbocycles. The van der Waals surface area contributed by atoms with Crippen LogP contribution in [0.25, 0.3) is 0 Å². The van der Waals surface area contributed by atoms with Crippen molar-refractivity contribution in [2.45, 2.75) is 31.8 Å². The molecule has 4 atom stereocenters. The van der Waals surface area contributed by atoms with Gasteiger partial charge in [-0.25, -0.2) is 0 Å². The van der Waals surface area contributed by atoms with E-state index in [2.05, 4.69) is 15.7 Å². The summed E-state index contributed by atoms with van der Waals surface area (Å²) in [5, 5.41) is 21.4. The molecule has 3 N–H and O–H groups in total. The number of hydrogen-bond donors (Lipinski definition) is 3. The zero-order valence-electron chi connectivity index (χ0n) is 19.4. The lowest BCUT2D eigenvalue weighted by Crippen LogP contribution is -2.56. The largest absolute Gasteiger partial charge is 0.389 e. The molecule has 2 amide bonds. The number of carbonyl (C=O) groups excluding carboxylic acids is 3. The third-order valence-electron chi connectivity index (χ3n) is 6.33. The summed E-state index contributed by atoms with van der Waals surface area (Å²) in [6.07, 6.45) is 1.39. The second-order valence-electron chi connectivity index (χ2n) is 9.04. The van der Waals surface area contributed by atoms with Gasteiger partial charge in [-0.3, -0.25) is 19.1 Å². The number of aliphatic hydroxyl groups is 1. The lowest BCUT2D eigenvalue weighted by Gasteiger charge is -2.44. The number of aromatic nitrogens is 2. The van der Waals surface area contributed by atoms with Crippen molar-refractivity contribution in [3.05, 3.63) is 78.1 Å². The number of ketones is 1. The average molecular weight is 461 g/mol. The summed E-state index contributed by atoms with van der Waals surface area (Å²) in [7, 11) is 1.73. The Morgan fingerprint density at radius 3 is 2.03 bits per heavy atom. The first-order valence-electron chi connectivity index (χ1n) is 11.1. The molecule has 4 rings (SSSR count). The summed E-state index contributed by atoms with van der Waals surface area (Å²) in [5.74, 6) is -4.55. The molecule has 176 valence electrons. The fourth-order valence-electron chi connectivity index (χ4n) is 4.89. The quantitative estimate of drug-likeness (QED) is 0.507. The van der Waals surface area contributed by atoms with Crippen molar-refractivity contribution >= 4 is 29.0 Å². The normalized spacial score (nSPS) is 24.5. The van der Waals surface area contributed by atoms with Crippen LogP contribution in [-0.4, -0.2) is 38.1 Å². The molecule has 0 unspecified atom stereocenters. The molecule has 0 saturated heterocycles. The smallest absolute Gasteiger partial charge is 0.235 e. The Hall–Kier alpha value is -3.78. The van der Waals surface area contributed by atoms with Crippen LogP contribution in [0, 0.1) is 18.8 Å². The molecule has 0 aliphatic heterocycles. The van der Waals surface area contributed by atoms with Crippen LogP contribution in [0.1, 0.15) is 30.5 Å². The number of nitrogens with zero attached hydrogens (tertiary/aromatic N) is 2. The van der Waals surface area contributed by atoms with Gasteiger partial charge in [-0.15, -0.1) is 0 Å². The Morgan fingerprint density at radius 1 is 1.00 bits per heavy atom. The second-order valence-corrected chi connectivity index (χ2v) is 9.04. The molecule has 0 radical (unpaired) electrons. The first kappa shape index (κ1) is 23.4. The Morgan fingerprint density at radius 2 is 1.53 bits per heavy atom. The van der Waals surface area contributed by atoms with E-state index in [0.717, 1.165) is 0 Å². The van der Waals surface area contributed by atoms with Gasteiger partial charge in [0.15, 0.2) is 0 Å². The van der Waals surface area contributed by atoms with E-state index < -0.39 is 41.0 Å². The lowest BCUT2D eigenvalue weighted by molar-refractivity contribution is -0.150. The van der Waals surface area contributed by atoms with Gasteiger partial charge in [0.05, 0.1) is 17.2 Å². The summed E-state index contributed by atoms with van der Waals surface area (Å²) in [4.78, 5) is 40.3. The molecule has 1 aliphatic carbocycles. The van der Waals surface area contributed by atoms with E-state index >= 15 is 0 Å². The molecule has 1 fully saturated rings. The summed E-state index contributed by atoms with van der Waals surface area (Å²) in [6.45, 7) is 3.24. The monoisotopic (exact) mass is 460 g/mol. The third-order valence-corrected chi connectivity index (χ3v) is 6.33. The predicted octanol–water partition coefficient (Wildman–Crippen LogP) is 3.05. The third kappa shape index (κ3) is 4.63. The Bertz CT molecular complexity index is 1200. The maximum Gasteiger partial charge on any atom is 0.235 e. The van der Waals surface area contributed by atoms with E-state index in [1.807, 2.05) is 12.1 Å². The number of Topliss-reactive ketones (excluding diaryl/α,β-unsaturated/α-hetero) is 1. The fourth-order valence-corrected chi connectivity index (χ4v) is 4.89. The van der Waals surface area contributed by atoms with Crippen molar-refractivity contribution in [2.24, 2.45) is 18.9 Å². The lowest BCUT2D eigenvalue weighted by atomic mass is 9.61. The fraction of sp³-hybridized carbons (Fsp3) is 0.308. The SMILES string of the molecule is Cc1nn(C)cc1[C@@H]1[C@H](C(=O)Nc2ccccc2)C(=O)C[C@](C)(O)[C@@H]1C(=O)Nc1ccccc1. The molecule has 0 spiro atoms. The first-order chi connectivity index (χ1) is 16.2. The van der Waals surface area contributed by atoms with Crippen molar-refractivity contribution in [1.82, 2.24) is 9.78 Å². The van der Waals surface area contributed by atoms with Crippen LogP contribution in [0.5, 0.6) is 0 Å². The van der Waals surface area contributed by atoms with Gasteiger partial charge in [-0.05, 0) is 43.7 Å². The van der Waals surface area contributed by atoms with Crippen LogP contribution < -0.4 is 10.6 Å². The molecule has 8 nitrogen and oxygen atoms in total. The van der Waals surface area contributed by atoms with Crippen LogP contribution in [0.2, 0.25) is 0 Å². The predicted molar refractivity (Wildman–Crippen MR) is 128 cm³/mol. The Kier molecular flexibility index (Phi) is 6.34. The number of rotatable bonds is 5. The number of nitrogens with one attached hydrogen (secondary N) is 2. The summed E-state index contributed by atoms with van der Waals surface area (Å²) >= 11 is 0. The Labute approximate surface area is 198 Å². The minimum absolute atomic E-state index is 0.317. The number of hydrogen-bond acceptors (Lipinski definition) is 5. The van der Waals surface area contributed by atoms with Crippen LogP contribution in [0.15, 0.2) is 66.9 Å². The number of anilines is 2. The standard InChI is InChI=1S/C26H28N4O4/c1-16-19(15-30(3)29-16)21-22(24(32)27-17-10-6-4-7-11-17)20(31)14-26(2,34)23(21)25(33)28-18-12-8-5-9-13-18/h4-13,15,21-23,34H,14H2,1-3H3,(H,27,32)(H,28,33)/t21-,22-,23+,26+/m1/s1. The number of amides is 2. The average Bonchev–Trinajstić information content (AvgIpc) is 3.11. The molecule has 0 bridgehead atoms. The number of para-hydroxylation sites is 2. The highest BCUT2D eigenvalue weighted by molar-refractivity contribution is 6.10. The molecule has 2 aromatic carbocycles. The first-order valence-corrected chi connectivity index (χ1v) is 11.1. The van der Waals surface area contributed by atoms with E-state index in [1.54, 1.807) is 73.4 Å². The highest BCUT2D eigenvalue weighted by Crippen LogP contribution is 2.47. The van der Waals surface area contributed by atoms with Crippen molar-refractivity contribution in [1.29, 1.82) is 0 Å². The molecule has 8 heteroatoms. The van der Waals surface area contributed by atoms with Gasteiger partial charge in [0.2, 0.25) is 11.8 Å². The zero-order valence-corrected chi connectivity index (χ0v) is 19.4. The summed E-state index contributed by atoms with van der Waals surface area (Å²) < 4.78 is 1.58. The molecule has 34 heavy (non-hydrogen) atoms. The second kappa shape index (κ2) is 9.23. The zero-order chi connectivity index (χ0) is 24.5. The minimum Gasteiger partial charge on any atom is -0.389 e. The van der Waals surface area contributed by atoms with Crippen LogP contribution in [-0.2, 0) is 21.4 Å². The van der Waals surface area contributed by atoms with Gasteiger partial charge >= 0.3 is 0 Å². The van der Waals surface area contributed by atoms with Crippen molar-refractivity contribution in [2.75, 3.05) is 10.6 Å². The van der Waals surface area contributed by atoms with Crippen LogP contribution >= 0.6 is 0 Å². The molecule has 1 heterocycles. The molecule has 1 aromatic heterocycles. The van der Waals surface area contributed by atoms with Crippen molar-refractivity contribution < 1.29 is 19.5 Å². The van der Waals surface area contributed by atoms with Gasteiger partial charge in [0, 0.05) is 37.0 Å².